The molecule has 0 atom stereocenters. The van der Waals surface area contributed by atoms with E-state index in [9.17, 15) is 18.4 Å². The lowest BCUT2D eigenvalue weighted by Gasteiger charge is -2.41. The van der Waals surface area contributed by atoms with Crippen molar-refractivity contribution in [3.8, 4) is 5.75 Å². The maximum atomic E-state index is 13.3. The molecule has 1 aromatic carbocycles. The summed E-state index contributed by atoms with van der Waals surface area (Å²) in [6.07, 6.45) is -1.85. The SMILES string of the molecule is O=C(O)COc1cccc(C(=O)N2CC3CC2(C(F)F)C3)c1. The third-order valence-electron chi connectivity index (χ3n) is 4.36. The molecule has 2 saturated heterocycles. The number of amides is 1. The van der Waals surface area contributed by atoms with Gasteiger partial charge < -0.3 is 14.7 Å². The zero-order valence-corrected chi connectivity index (χ0v) is 11.7. The van der Waals surface area contributed by atoms with Crippen LogP contribution in [0, 0.1) is 5.92 Å². The molecule has 5 nitrogen and oxygen atoms in total. The normalized spacial score (nSPS) is 26.0. The summed E-state index contributed by atoms with van der Waals surface area (Å²) < 4.78 is 31.6. The van der Waals surface area contributed by atoms with E-state index in [1.165, 1.54) is 23.1 Å². The summed E-state index contributed by atoms with van der Waals surface area (Å²) in [6, 6.07) is 5.97. The number of rotatable bonds is 5. The molecule has 2 heterocycles. The first-order valence-electron chi connectivity index (χ1n) is 6.97. The molecule has 2 aliphatic heterocycles. The fraction of sp³-hybridized carbons (Fsp3) is 0.467. The summed E-state index contributed by atoms with van der Waals surface area (Å²) in [5, 5.41) is 8.58. The standard InChI is InChI=1S/C15H15F2NO4/c16-14(17)15-5-9(6-15)7-18(15)13(21)10-2-1-3-11(4-10)22-8-12(19)20/h1-4,9,14H,5-8H2,(H,19,20). The first kappa shape index (κ1) is 14.7. The Bertz CT molecular complexity index is 613. The van der Waals surface area contributed by atoms with Gasteiger partial charge in [0.25, 0.3) is 12.3 Å². The Kier molecular flexibility index (Phi) is 3.50. The molecule has 2 bridgehead atoms. The van der Waals surface area contributed by atoms with Crippen molar-refractivity contribution in [3.63, 3.8) is 0 Å². The Morgan fingerprint density at radius 1 is 1.41 bits per heavy atom. The fourth-order valence-electron chi connectivity index (χ4n) is 3.33. The van der Waals surface area contributed by atoms with Gasteiger partial charge in [-0.05, 0) is 37.0 Å². The van der Waals surface area contributed by atoms with Gasteiger partial charge in [-0.25, -0.2) is 13.6 Å². The van der Waals surface area contributed by atoms with Gasteiger partial charge in [-0.15, -0.1) is 0 Å². The molecule has 0 radical (unpaired) electrons. The lowest BCUT2D eigenvalue weighted by atomic mass is 9.73. The predicted octanol–water partition coefficient (Wildman–Crippen LogP) is 2.02. The molecule has 3 fully saturated rings. The fourth-order valence-corrected chi connectivity index (χ4v) is 3.33. The molecule has 1 N–H and O–H groups in total. The molecule has 0 unspecified atom stereocenters. The van der Waals surface area contributed by atoms with E-state index in [4.69, 9.17) is 9.84 Å². The highest BCUT2D eigenvalue weighted by Crippen LogP contribution is 2.54. The van der Waals surface area contributed by atoms with Gasteiger partial charge in [0.15, 0.2) is 6.61 Å². The average Bonchev–Trinajstić information content (AvgIpc) is 3.00. The number of hydrogen-bond donors (Lipinski definition) is 1. The number of carboxylic acid groups (broad SMARTS) is 1. The van der Waals surface area contributed by atoms with E-state index in [0.717, 1.165) is 0 Å². The van der Waals surface area contributed by atoms with E-state index in [1.54, 1.807) is 6.07 Å². The van der Waals surface area contributed by atoms with Gasteiger partial charge in [0.05, 0.1) is 0 Å². The maximum Gasteiger partial charge on any atom is 0.341 e. The number of fused-ring (bicyclic) bond motifs is 1. The van der Waals surface area contributed by atoms with Gasteiger partial charge in [-0.2, -0.15) is 0 Å². The number of carbonyl (C=O) groups excluding carboxylic acids is 1. The number of alkyl halides is 2. The Hall–Kier alpha value is -2.18. The molecular formula is C15H15F2NO4. The minimum Gasteiger partial charge on any atom is -0.482 e. The number of hydrogen-bond acceptors (Lipinski definition) is 3. The van der Waals surface area contributed by atoms with Gasteiger partial charge in [-0.1, -0.05) is 6.07 Å². The van der Waals surface area contributed by atoms with Crippen molar-refractivity contribution < 1.29 is 28.2 Å². The molecule has 1 saturated carbocycles. The monoisotopic (exact) mass is 311 g/mol. The summed E-state index contributed by atoms with van der Waals surface area (Å²) in [5.74, 6) is -1.20. The summed E-state index contributed by atoms with van der Waals surface area (Å²) in [5.41, 5.74) is -1.09. The summed E-state index contributed by atoms with van der Waals surface area (Å²) >= 11 is 0. The number of carbonyl (C=O) groups is 2. The smallest absolute Gasteiger partial charge is 0.341 e. The van der Waals surface area contributed by atoms with E-state index in [1.807, 2.05) is 0 Å². The van der Waals surface area contributed by atoms with Crippen LogP contribution in [0.15, 0.2) is 24.3 Å². The van der Waals surface area contributed by atoms with Gasteiger partial charge in [0.1, 0.15) is 11.3 Å². The molecular weight excluding hydrogens is 296 g/mol. The number of benzene rings is 1. The van der Waals surface area contributed by atoms with Crippen molar-refractivity contribution in [3.05, 3.63) is 29.8 Å². The summed E-state index contributed by atoms with van der Waals surface area (Å²) in [4.78, 5) is 24.2. The second-order valence-corrected chi connectivity index (χ2v) is 5.80. The first-order chi connectivity index (χ1) is 10.4. The molecule has 1 amide bonds. The zero-order valence-electron chi connectivity index (χ0n) is 11.7. The molecule has 1 aromatic rings. The number of nitrogens with zero attached hydrogens (tertiary/aromatic N) is 1. The van der Waals surface area contributed by atoms with E-state index in [-0.39, 0.29) is 17.2 Å². The van der Waals surface area contributed by atoms with E-state index >= 15 is 0 Å². The van der Waals surface area contributed by atoms with Crippen molar-refractivity contribution in [2.24, 2.45) is 5.92 Å². The van der Waals surface area contributed by atoms with Crippen molar-refractivity contribution in [2.45, 2.75) is 24.8 Å². The van der Waals surface area contributed by atoms with Crippen LogP contribution in [0.25, 0.3) is 0 Å². The lowest BCUT2D eigenvalue weighted by molar-refractivity contribution is -0.139. The molecule has 0 aromatic heterocycles. The largest absolute Gasteiger partial charge is 0.482 e. The third kappa shape index (κ3) is 2.30. The van der Waals surface area contributed by atoms with Crippen molar-refractivity contribution >= 4 is 11.9 Å². The van der Waals surface area contributed by atoms with Gasteiger partial charge in [0, 0.05) is 12.1 Å². The molecule has 0 spiro atoms. The molecule has 22 heavy (non-hydrogen) atoms. The third-order valence-corrected chi connectivity index (χ3v) is 4.36. The van der Waals surface area contributed by atoms with Crippen LogP contribution < -0.4 is 4.74 Å². The van der Waals surface area contributed by atoms with Gasteiger partial charge in [0.2, 0.25) is 0 Å². The number of halogens is 2. The highest BCUT2D eigenvalue weighted by Gasteiger charge is 2.63. The van der Waals surface area contributed by atoms with Crippen LogP contribution in [-0.4, -0.2) is 47.0 Å². The highest BCUT2D eigenvalue weighted by molar-refractivity contribution is 5.95. The molecule has 118 valence electrons. The average molecular weight is 311 g/mol. The Labute approximate surface area is 125 Å². The second-order valence-electron chi connectivity index (χ2n) is 5.80. The van der Waals surface area contributed by atoms with Gasteiger partial charge >= 0.3 is 5.97 Å². The van der Waals surface area contributed by atoms with Crippen LogP contribution in [0.1, 0.15) is 23.2 Å². The second kappa shape index (κ2) is 5.23. The van der Waals surface area contributed by atoms with E-state index in [0.29, 0.717) is 19.4 Å². The minimum atomic E-state index is -2.55. The van der Waals surface area contributed by atoms with Crippen molar-refractivity contribution in [1.82, 2.24) is 4.90 Å². The Morgan fingerprint density at radius 2 is 2.14 bits per heavy atom. The first-order valence-corrected chi connectivity index (χ1v) is 6.97. The number of aliphatic carboxylic acids is 1. The predicted molar refractivity (Wildman–Crippen MR) is 72.1 cm³/mol. The Morgan fingerprint density at radius 3 is 2.77 bits per heavy atom. The van der Waals surface area contributed by atoms with E-state index < -0.39 is 30.4 Å². The van der Waals surface area contributed by atoms with Crippen LogP contribution in [0.2, 0.25) is 0 Å². The zero-order chi connectivity index (χ0) is 15.9. The highest BCUT2D eigenvalue weighted by atomic mass is 19.3. The number of ether oxygens (including phenoxy) is 1. The maximum absolute atomic E-state index is 13.3. The quantitative estimate of drug-likeness (QED) is 0.903. The van der Waals surface area contributed by atoms with Crippen LogP contribution in [0.5, 0.6) is 5.75 Å². The van der Waals surface area contributed by atoms with E-state index in [2.05, 4.69) is 0 Å². The molecule has 4 rings (SSSR count). The topological polar surface area (TPSA) is 66.8 Å². The van der Waals surface area contributed by atoms with Crippen LogP contribution in [-0.2, 0) is 4.79 Å². The van der Waals surface area contributed by atoms with Crippen molar-refractivity contribution in [2.75, 3.05) is 13.2 Å². The number of carboxylic acids is 1. The summed E-state index contributed by atoms with van der Waals surface area (Å²) in [7, 11) is 0. The minimum absolute atomic E-state index is 0.157. The summed E-state index contributed by atoms with van der Waals surface area (Å²) in [6.45, 7) is -0.173. The molecule has 1 aliphatic carbocycles. The van der Waals surface area contributed by atoms with Crippen LogP contribution >= 0.6 is 0 Å². The van der Waals surface area contributed by atoms with Gasteiger partial charge in [-0.3, -0.25) is 4.79 Å². The van der Waals surface area contributed by atoms with Crippen molar-refractivity contribution in [1.29, 1.82) is 0 Å². The van der Waals surface area contributed by atoms with Crippen LogP contribution in [0.4, 0.5) is 8.78 Å². The lowest BCUT2D eigenvalue weighted by Crippen LogP contribution is -2.53. The molecule has 7 heteroatoms. The van der Waals surface area contributed by atoms with Crippen LogP contribution in [0.3, 0.4) is 0 Å². The Balaban J connectivity index is 1.78. The molecule has 3 aliphatic rings.